The summed E-state index contributed by atoms with van der Waals surface area (Å²) >= 11 is 3.48. The molecule has 0 radical (unpaired) electrons. The second kappa shape index (κ2) is 4.23. The van der Waals surface area contributed by atoms with E-state index in [0.717, 1.165) is 23.1 Å². The quantitative estimate of drug-likeness (QED) is 0.859. The molecule has 1 saturated carbocycles. The molecule has 1 aliphatic heterocycles. The maximum Gasteiger partial charge on any atom is 0.196 e. The fourth-order valence-electron chi connectivity index (χ4n) is 3.57. The molecule has 1 heterocycles. The molecule has 0 amide bonds. The van der Waals surface area contributed by atoms with Crippen LogP contribution in [0.25, 0.3) is 0 Å². The van der Waals surface area contributed by atoms with Gasteiger partial charge in [0, 0.05) is 10.2 Å². The normalized spacial score (nSPS) is 29.0. The van der Waals surface area contributed by atoms with Gasteiger partial charge >= 0.3 is 0 Å². The number of aliphatic imine (C=N–C) groups is 1. The summed E-state index contributed by atoms with van der Waals surface area (Å²) in [5, 5.41) is 0. The topological polar surface area (TPSA) is 41.6 Å². The highest BCUT2D eigenvalue weighted by atomic mass is 79.9. The van der Waals surface area contributed by atoms with Crippen molar-refractivity contribution in [2.45, 2.75) is 38.6 Å². The van der Waals surface area contributed by atoms with E-state index in [1.807, 2.05) is 0 Å². The average Bonchev–Trinajstić information content (AvgIpc) is 2.82. The second-order valence-electron chi connectivity index (χ2n) is 6.55. The summed E-state index contributed by atoms with van der Waals surface area (Å²) in [6.45, 7) is 5.52. The van der Waals surface area contributed by atoms with Crippen molar-refractivity contribution >= 4 is 27.6 Å². The molecule has 1 aromatic rings. The van der Waals surface area contributed by atoms with Crippen LogP contribution in [0.2, 0.25) is 0 Å². The Balaban J connectivity index is 1.97. The monoisotopic (exact) mass is 321 g/mol. The molecule has 2 aliphatic rings. The van der Waals surface area contributed by atoms with Crippen LogP contribution in [-0.4, -0.2) is 18.0 Å². The van der Waals surface area contributed by atoms with Crippen LogP contribution < -0.4 is 10.6 Å². The first-order valence-corrected chi connectivity index (χ1v) is 7.57. The van der Waals surface area contributed by atoms with E-state index < -0.39 is 0 Å². The van der Waals surface area contributed by atoms with Crippen LogP contribution in [0, 0.1) is 5.41 Å². The lowest BCUT2D eigenvalue weighted by Gasteiger charge is -2.37. The number of nitrogens with zero attached hydrogens (tertiary/aromatic N) is 2. The Morgan fingerprint density at radius 1 is 1.21 bits per heavy atom. The fraction of sp³-hybridized carbons (Fsp3) is 0.533. The summed E-state index contributed by atoms with van der Waals surface area (Å²) < 4.78 is 1.09. The molecule has 0 saturated heterocycles. The molecule has 1 aliphatic carbocycles. The summed E-state index contributed by atoms with van der Waals surface area (Å²) in [5.41, 5.74) is 7.79. The van der Waals surface area contributed by atoms with Crippen molar-refractivity contribution in [3.05, 3.63) is 28.7 Å². The van der Waals surface area contributed by atoms with E-state index in [-0.39, 0.29) is 5.54 Å². The minimum atomic E-state index is 0.0986. The van der Waals surface area contributed by atoms with Gasteiger partial charge in [0.05, 0.1) is 12.1 Å². The Labute approximate surface area is 123 Å². The minimum absolute atomic E-state index is 0.0986. The number of benzene rings is 1. The van der Waals surface area contributed by atoms with E-state index in [1.54, 1.807) is 0 Å². The van der Waals surface area contributed by atoms with Crippen molar-refractivity contribution in [1.29, 1.82) is 0 Å². The number of halogens is 1. The number of hydrogen-bond donors (Lipinski definition) is 1. The minimum Gasteiger partial charge on any atom is -0.369 e. The lowest BCUT2D eigenvalue weighted by Crippen LogP contribution is -2.50. The first-order valence-electron chi connectivity index (χ1n) is 6.78. The zero-order valence-corrected chi connectivity index (χ0v) is 13.1. The highest BCUT2D eigenvalue weighted by Gasteiger charge is 2.50. The fourth-order valence-corrected chi connectivity index (χ4v) is 3.84. The molecule has 0 aromatic heterocycles. The van der Waals surface area contributed by atoms with Gasteiger partial charge in [-0.1, -0.05) is 29.8 Å². The van der Waals surface area contributed by atoms with Crippen molar-refractivity contribution in [1.82, 2.24) is 0 Å². The van der Waals surface area contributed by atoms with Crippen LogP contribution in [0.1, 0.15) is 33.1 Å². The van der Waals surface area contributed by atoms with Gasteiger partial charge in [0.25, 0.3) is 0 Å². The van der Waals surface area contributed by atoms with Crippen LogP contribution in [0.15, 0.2) is 33.7 Å². The molecule has 0 bridgehead atoms. The predicted molar refractivity (Wildman–Crippen MR) is 83.5 cm³/mol. The van der Waals surface area contributed by atoms with Crippen molar-refractivity contribution in [3.63, 3.8) is 0 Å². The standard InChI is InChI=1S/C15H20BrN3/c1-14(2)7-8-15(9-14)10-18-13(17)19(15)12-5-3-11(16)4-6-12/h3-6H,7-10H2,1-2H3,(H2,17,18). The summed E-state index contributed by atoms with van der Waals surface area (Å²) in [5.74, 6) is 0.667. The van der Waals surface area contributed by atoms with Gasteiger partial charge in [0.1, 0.15) is 0 Å². The average molecular weight is 322 g/mol. The van der Waals surface area contributed by atoms with Crippen LogP contribution in [0.3, 0.4) is 0 Å². The van der Waals surface area contributed by atoms with E-state index in [9.17, 15) is 0 Å². The van der Waals surface area contributed by atoms with Gasteiger partial charge in [-0.25, -0.2) is 0 Å². The third-order valence-electron chi connectivity index (χ3n) is 4.40. The highest BCUT2D eigenvalue weighted by molar-refractivity contribution is 9.10. The second-order valence-corrected chi connectivity index (χ2v) is 7.47. The Morgan fingerprint density at radius 2 is 1.89 bits per heavy atom. The molecule has 1 aromatic carbocycles. The summed E-state index contributed by atoms with van der Waals surface area (Å²) in [7, 11) is 0. The zero-order chi connectivity index (χ0) is 13.7. The Hall–Kier alpha value is -1.03. The van der Waals surface area contributed by atoms with E-state index in [0.29, 0.717) is 11.4 Å². The lowest BCUT2D eigenvalue weighted by atomic mass is 9.87. The van der Waals surface area contributed by atoms with Crippen molar-refractivity contribution < 1.29 is 0 Å². The van der Waals surface area contributed by atoms with E-state index in [1.165, 1.54) is 12.8 Å². The molecule has 1 fully saturated rings. The molecule has 102 valence electrons. The molecule has 2 N–H and O–H groups in total. The van der Waals surface area contributed by atoms with Crippen LogP contribution >= 0.6 is 15.9 Å². The van der Waals surface area contributed by atoms with Gasteiger partial charge in [-0.15, -0.1) is 0 Å². The van der Waals surface area contributed by atoms with Crippen LogP contribution in [0.5, 0.6) is 0 Å². The first kappa shape index (κ1) is 13.0. The Bertz CT molecular complexity index is 521. The smallest absolute Gasteiger partial charge is 0.196 e. The highest BCUT2D eigenvalue weighted by Crippen LogP contribution is 2.49. The molecule has 3 nitrogen and oxygen atoms in total. The molecule has 1 unspecified atom stereocenters. The van der Waals surface area contributed by atoms with Gasteiger partial charge in [0.2, 0.25) is 0 Å². The molecule has 3 rings (SSSR count). The largest absolute Gasteiger partial charge is 0.369 e. The number of rotatable bonds is 1. The Morgan fingerprint density at radius 3 is 2.47 bits per heavy atom. The molecule has 19 heavy (non-hydrogen) atoms. The van der Waals surface area contributed by atoms with Gasteiger partial charge in [-0.05, 0) is 48.9 Å². The van der Waals surface area contributed by atoms with Gasteiger partial charge in [0.15, 0.2) is 5.96 Å². The molecular formula is C15H20BrN3. The van der Waals surface area contributed by atoms with E-state index >= 15 is 0 Å². The number of guanidine groups is 1. The maximum atomic E-state index is 6.16. The van der Waals surface area contributed by atoms with Crippen molar-refractivity contribution in [2.75, 3.05) is 11.4 Å². The van der Waals surface area contributed by atoms with Crippen molar-refractivity contribution in [3.8, 4) is 0 Å². The number of anilines is 1. The molecular weight excluding hydrogens is 302 g/mol. The van der Waals surface area contributed by atoms with Crippen LogP contribution in [0.4, 0.5) is 5.69 Å². The summed E-state index contributed by atoms with van der Waals surface area (Å²) in [6.07, 6.45) is 3.56. The predicted octanol–water partition coefficient (Wildman–Crippen LogP) is 3.53. The number of hydrogen-bond acceptors (Lipinski definition) is 3. The maximum absolute atomic E-state index is 6.16. The third-order valence-corrected chi connectivity index (χ3v) is 4.93. The Kier molecular flexibility index (Phi) is 2.89. The van der Waals surface area contributed by atoms with E-state index in [4.69, 9.17) is 5.73 Å². The molecule has 1 spiro atoms. The first-order chi connectivity index (χ1) is 8.92. The zero-order valence-electron chi connectivity index (χ0n) is 11.5. The van der Waals surface area contributed by atoms with Gasteiger partial charge in [-0.2, -0.15) is 0 Å². The lowest BCUT2D eigenvalue weighted by molar-refractivity contribution is 0.346. The number of nitrogens with two attached hydrogens (primary N) is 1. The summed E-state index contributed by atoms with van der Waals surface area (Å²) in [4.78, 5) is 6.78. The molecule has 1 atom stereocenters. The molecule has 4 heteroatoms. The van der Waals surface area contributed by atoms with E-state index in [2.05, 4.69) is 63.9 Å². The van der Waals surface area contributed by atoms with Crippen LogP contribution in [-0.2, 0) is 0 Å². The van der Waals surface area contributed by atoms with Gasteiger partial charge in [-0.3, -0.25) is 4.99 Å². The summed E-state index contributed by atoms with van der Waals surface area (Å²) in [6, 6.07) is 8.36. The third kappa shape index (κ3) is 2.16. The van der Waals surface area contributed by atoms with Gasteiger partial charge < -0.3 is 10.6 Å². The van der Waals surface area contributed by atoms with Crippen molar-refractivity contribution in [2.24, 2.45) is 16.1 Å². The SMILES string of the molecule is CC1(C)CCC2(CN=C(N)N2c2ccc(Br)cc2)C1.